The molecule has 0 atom stereocenters. The molecule has 0 radical (unpaired) electrons. The maximum atomic E-state index is 6.53. The third-order valence-corrected chi connectivity index (χ3v) is 5.91. The van der Waals surface area contributed by atoms with Crippen molar-refractivity contribution < 1.29 is 9.47 Å². The molecule has 2 aliphatic rings. The third-order valence-electron chi connectivity index (χ3n) is 5.59. The summed E-state index contributed by atoms with van der Waals surface area (Å²) in [6.07, 6.45) is 0.858. The molecule has 154 valence electrons. The molecule has 0 spiro atoms. The van der Waals surface area contributed by atoms with Gasteiger partial charge in [-0.1, -0.05) is 35.9 Å². The van der Waals surface area contributed by atoms with Crippen LogP contribution in [0.15, 0.2) is 48.5 Å². The Kier molecular flexibility index (Phi) is 5.19. The summed E-state index contributed by atoms with van der Waals surface area (Å²) in [4.78, 5) is 14.4. The Labute approximate surface area is 181 Å². The number of para-hydroxylation sites is 1. The van der Waals surface area contributed by atoms with E-state index in [1.807, 2.05) is 42.5 Å². The lowest BCUT2D eigenvalue weighted by atomic mass is 10.1. The van der Waals surface area contributed by atoms with Crippen LogP contribution < -0.4 is 14.5 Å². The fourth-order valence-corrected chi connectivity index (χ4v) is 4.30. The van der Waals surface area contributed by atoms with Gasteiger partial charge in [0, 0.05) is 30.8 Å². The summed E-state index contributed by atoms with van der Waals surface area (Å²) in [7, 11) is 1.68. The van der Waals surface area contributed by atoms with E-state index in [-0.39, 0.29) is 0 Å². The number of ether oxygens (including phenoxy) is 2. The van der Waals surface area contributed by atoms with Gasteiger partial charge in [0.15, 0.2) is 0 Å². The van der Waals surface area contributed by atoms with Gasteiger partial charge in [-0.2, -0.15) is 4.98 Å². The van der Waals surface area contributed by atoms with Crippen LogP contribution in [-0.4, -0.2) is 49.9 Å². The van der Waals surface area contributed by atoms with Crippen molar-refractivity contribution in [1.82, 2.24) is 9.97 Å². The van der Waals surface area contributed by atoms with Crippen LogP contribution in [0, 0.1) is 0 Å². The maximum absolute atomic E-state index is 6.53. The standard InChI is InChI=1S/C23H23ClN4O2/c1-29-17-6-4-5-16(15-17)21-18-9-10-28(20-8-3-2-7-19(20)24)22(18)26-23(25-21)27-11-13-30-14-12-27/h2-8,15H,9-14H2,1H3. The summed E-state index contributed by atoms with van der Waals surface area (Å²) in [5, 5.41) is 0.722. The minimum absolute atomic E-state index is 0.684. The second-order valence-electron chi connectivity index (χ2n) is 7.36. The SMILES string of the molecule is COc1cccc(-c2nc(N3CCOCC3)nc3c2CCN3c2ccccc2Cl)c1. The minimum Gasteiger partial charge on any atom is -0.497 e. The first-order chi connectivity index (χ1) is 14.7. The van der Waals surface area contributed by atoms with E-state index < -0.39 is 0 Å². The zero-order valence-electron chi connectivity index (χ0n) is 16.8. The highest BCUT2D eigenvalue weighted by Gasteiger charge is 2.30. The van der Waals surface area contributed by atoms with Crippen molar-refractivity contribution in [2.45, 2.75) is 6.42 Å². The molecule has 0 amide bonds. The van der Waals surface area contributed by atoms with Crippen LogP contribution in [-0.2, 0) is 11.2 Å². The fraction of sp³-hybridized carbons (Fsp3) is 0.304. The number of halogens is 1. The molecule has 0 bridgehead atoms. The average molecular weight is 423 g/mol. The van der Waals surface area contributed by atoms with Crippen LogP contribution in [0.2, 0.25) is 5.02 Å². The molecule has 0 saturated carbocycles. The summed E-state index contributed by atoms with van der Waals surface area (Å²) in [5.41, 5.74) is 4.10. The molecule has 0 aliphatic carbocycles. The van der Waals surface area contributed by atoms with Crippen molar-refractivity contribution in [2.75, 3.05) is 49.8 Å². The van der Waals surface area contributed by atoms with E-state index in [9.17, 15) is 0 Å². The van der Waals surface area contributed by atoms with E-state index in [0.29, 0.717) is 13.2 Å². The van der Waals surface area contributed by atoms with E-state index in [2.05, 4.69) is 15.9 Å². The quantitative estimate of drug-likeness (QED) is 0.623. The second-order valence-corrected chi connectivity index (χ2v) is 7.77. The number of benzene rings is 2. The monoisotopic (exact) mass is 422 g/mol. The lowest BCUT2D eigenvalue weighted by Crippen LogP contribution is -2.37. The first kappa shape index (κ1) is 19.2. The first-order valence-electron chi connectivity index (χ1n) is 10.1. The van der Waals surface area contributed by atoms with Gasteiger partial charge in [-0.05, 0) is 30.7 Å². The van der Waals surface area contributed by atoms with E-state index in [1.54, 1.807) is 7.11 Å². The number of fused-ring (bicyclic) bond motifs is 1. The molecule has 3 aromatic rings. The number of rotatable bonds is 4. The molecule has 2 aromatic carbocycles. The third kappa shape index (κ3) is 3.46. The zero-order chi connectivity index (χ0) is 20.5. The van der Waals surface area contributed by atoms with Gasteiger partial charge < -0.3 is 19.3 Å². The molecule has 6 nitrogen and oxygen atoms in total. The minimum atomic E-state index is 0.684. The number of hydrogen-bond acceptors (Lipinski definition) is 6. The topological polar surface area (TPSA) is 50.7 Å². The van der Waals surface area contributed by atoms with Crippen molar-refractivity contribution in [1.29, 1.82) is 0 Å². The van der Waals surface area contributed by atoms with Crippen molar-refractivity contribution >= 4 is 29.1 Å². The number of nitrogens with zero attached hydrogens (tertiary/aromatic N) is 4. The predicted octanol–water partition coefficient (Wildman–Crippen LogP) is 4.34. The molecule has 1 saturated heterocycles. The molecule has 0 N–H and O–H groups in total. The highest BCUT2D eigenvalue weighted by atomic mass is 35.5. The Balaban J connectivity index is 1.66. The highest BCUT2D eigenvalue weighted by Crippen LogP contribution is 2.41. The second kappa shape index (κ2) is 8.13. The Bertz CT molecular complexity index is 1070. The number of hydrogen-bond donors (Lipinski definition) is 0. The van der Waals surface area contributed by atoms with Crippen molar-refractivity contribution in [3.05, 3.63) is 59.1 Å². The van der Waals surface area contributed by atoms with Gasteiger partial charge in [0.25, 0.3) is 0 Å². The molecule has 1 fully saturated rings. The van der Waals surface area contributed by atoms with Gasteiger partial charge in [0.05, 0.1) is 36.7 Å². The summed E-state index contributed by atoms with van der Waals surface area (Å²) in [6, 6.07) is 16.0. The Morgan fingerprint density at radius 2 is 1.83 bits per heavy atom. The summed E-state index contributed by atoms with van der Waals surface area (Å²) in [6.45, 7) is 3.74. The normalized spacial score (nSPS) is 15.9. The predicted molar refractivity (Wildman–Crippen MR) is 119 cm³/mol. The average Bonchev–Trinajstić information content (AvgIpc) is 3.23. The van der Waals surface area contributed by atoms with Crippen LogP contribution in [0.3, 0.4) is 0 Å². The van der Waals surface area contributed by atoms with Crippen molar-refractivity contribution in [2.24, 2.45) is 0 Å². The summed E-state index contributed by atoms with van der Waals surface area (Å²) < 4.78 is 11.0. The lowest BCUT2D eigenvalue weighted by Gasteiger charge is -2.28. The summed E-state index contributed by atoms with van der Waals surface area (Å²) >= 11 is 6.53. The smallest absolute Gasteiger partial charge is 0.228 e. The maximum Gasteiger partial charge on any atom is 0.228 e. The van der Waals surface area contributed by atoms with Crippen LogP contribution in [0.5, 0.6) is 5.75 Å². The molecular formula is C23H23ClN4O2. The number of anilines is 3. The first-order valence-corrected chi connectivity index (χ1v) is 10.5. The molecule has 30 heavy (non-hydrogen) atoms. The van der Waals surface area contributed by atoms with Gasteiger partial charge in [-0.25, -0.2) is 4.98 Å². The molecule has 1 aromatic heterocycles. The van der Waals surface area contributed by atoms with E-state index in [4.69, 9.17) is 31.0 Å². The number of aromatic nitrogens is 2. The molecule has 5 rings (SSSR count). The zero-order valence-corrected chi connectivity index (χ0v) is 17.6. The Morgan fingerprint density at radius 1 is 1.00 bits per heavy atom. The van der Waals surface area contributed by atoms with Gasteiger partial charge >= 0.3 is 0 Å². The van der Waals surface area contributed by atoms with Gasteiger partial charge in [0.1, 0.15) is 11.6 Å². The van der Waals surface area contributed by atoms with E-state index >= 15 is 0 Å². The number of methoxy groups -OCH3 is 1. The van der Waals surface area contributed by atoms with Gasteiger partial charge in [0.2, 0.25) is 5.95 Å². The van der Waals surface area contributed by atoms with E-state index in [1.165, 1.54) is 0 Å². The Hall–Kier alpha value is -2.83. The van der Waals surface area contributed by atoms with Crippen LogP contribution in [0.4, 0.5) is 17.5 Å². The molecule has 2 aliphatic heterocycles. The van der Waals surface area contributed by atoms with E-state index in [0.717, 1.165) is 71.1 Å². The molecule has 3 heterocycles. The highest BCUT2D eigenvalue weighted by molar-refractivity contribution is 6.33. The molecular weight excluding hydrogens is 400 g/mol. The van der Waals surface area contributed by atoms with Crippen LogP contribution >= 0.6 is 11.6 Å². The van der Waals surface area contributed by atoms with Gasteiger partial charge in [-0.3, -0.25) is 0 Å². The Morgan fingerprint density at radius 3 is 2.63 bits per heavy atom. The lowest BCUT2D eigenvalue weighted by molar-refractivity contribution is 0.122. The largest absolute Gasteiger partial charge is 0.497 e. The molecule has 7 heteroatoms. The van der Waals surface area contributed by atoms with Gasteiger partial charge in [-0.15, -0.1) is 0 Å². The molecule has 0 unspecified atom stereocenters. The van der Waals surface area contributed by atoms with Crippen LogP contribution in [0.1, 0.15) is 5.56 Å². The van der Waals surface area contributed by atoms with Crippen LogP contribution in [0.25, 0.3) is 11.3 Å². The number of morpholine rings is 1. The van der Waals surface area contributed by atoms with Crippen molar-refractivity contribution in [3.8, 4) is 17.0 Å². The fourth-order valence-electron chi connectivity index (χ4n) is 4.06. The van der Waals surface area contributed by atoms with Crippen molar-refractivity contribution in [3.63, 3.8) is 0 Å². The summed E-state index contributed by atoms with van der Waals surface area (Å²) in [5.74, 6) is 2.47.